The molecule has 1 atom stereocenters. The predicted octanol–water partition coefficient (Wildman–Crippen LogP) is 4.30. The van der Waals surface area contributed by atoms with Crippen LogP contribution < -0.4 is 5.32 Å². The fourth-order valence-corrected chi connectivity index (χ4v) is 3.61. The maximum atomic E-state index is 12.4. The van der Waals surface area contributed by atoms with Gasteiger partial charge in [0.25, 0.3) is 0 Å². The Morgan fingerprint density at radius 3 is 2.81 bits per heavy atom. The lowest BCUT2D eigenvalue weighted by Crippen LogP contribution is -2.42. The van der Waals surface area contributed by atoms with Crippen LogP contribution in [0.25, 0.3) is 0 Å². The summed E-state index contributed by atoms with van der Waals surface area (Å²) in [6, 6.07) is 10.2. The molecule has 1 saturated heterocycles. The molecule has 2 rings (SSSR count). The molecule has 1 aliphatic heterocycles. The van der Waals surface area contributed by atoms with Gasteiger partial charge in [0.05, 0.1) is 6.04 Å². The topological polar surface area (TPSA) is 32.3 Å². The van der Waals surface area contributed by atoms with Gasteiger partial charge in [-0.2, -0.15) is 0 Å². The van der Waals surface area contributed by atoms with Crippen LogP contribution in [0.2, 0.25) is 0 Å². The van der Waals surface area contributed by atoms with Gasteiger partial charge in [0.1, 0.15) is 0 Å². The standard InChI is InChI=1S/C17H23BrN2O/c1-13(2)11-15(18)16-9-6-10-20(16)17(21)19-12-14-7-4-3-5-8-14/h3-5,7-8,11,13,16H,6,9-10,12H2,1-2H3,(H,19,21)/b15-11+. The first-order valence-electron chi connectivity index (χ1n) is 7.53. The van der Waals surface area contributed by atoms with Crippen molar-refractivity contribution < 1.29 is 4.79 Å². The van der Waals surface area contributed by atoms with Crippen LogP contribution >= 0.6 is 15.9 Å². The van der Waals surface area contributed by atoms with Crippen LogP contribution in [-0.4, -0.2) is 23.5 Å². The molecule has 0 aliphatic carbocycles. The van der Waals surface area contributed by atoms with Crippen molar-refractivity contribution >= 4 is 22.0 Å². The summed E-state index contributed by atoms with van der Waals surface area (Å²) in [7, 11) is 0. The zero-order valence-electron chi connectivity index (χ0n) is 12.7. The molecule has 1 N–H and O–H groups in total. The first-order valence-corrected chi connectivity index (χ1v) is 8.33. The molecule has 1 aromatic rings. The maximum Gasteiger partial charge on any atom is 0.318 e. The molecule has 3 nitrogen and oxygen atoms in total. The van der Waals surface area contributed by atoms with E-state index in [4.69, 9.17) is 0 Å². The fraction of sp³-hybridized carbons (Fsp3) is 0.471. The summed E-state index contributed by atoms with van der Waals surface area (Å²) in [5.41, 5.74) is 1.12. The summed E-state index contributed by atoms with van der Waals surface area (Å²) in [6.45, 7) is 5.70. The summed E-state index contributed by atoms with van der Waals surface area (Å²) in [5, 5.41) is 3.02. The van der Waals surface area contributed by atoms with E-state index in [-0.39, 0.29) is 12.1 Å². The number of benzene rings is 1. The van der Waals surface area contributed by atoms with Gasteiger partial charge in [-0.25, -0.2) is 4.79 Å². The van der Waals surface area contributed by atoms with Crippen LogP contribution in [0.5, 0.6) is 0 Å². The van der Waals surface area contributed by atoms with E-state index < -0.39 is 0 Å². The van der Waals surface area contributed by atoms with E-state index in [1.807, 2.05) is 35.2 Å². The minimum atomic E-state index is 0.0236. The Morgan fingerprint density at radius 1 is 1.43 bits per heavy atom. The van der Waals surface area contributed by atoms with E-state index in [1.54, 1.807) is 0 Å². The zero-order valence-corrected chi connectivity index (χ0v) is 14.3. The van der Waals surface area contributed by atoms with E-state index in [2.05, 4.69) is 41.2 Å². The van der Waals surface area contributed by atoms with Crippen LogP contribution in [0, 0.1) is 5.92 Å². The highest BCUT2D eigenvalue weighted by molar-refractivity contribution is 9.11. The van der Waals surface area contributed by atoms with Crippen molar-refractivity contribution in [2.45, 2.75) is 39.3 Å². The van der Waals surface area contributed by atoms with Gasteiger partial charge in [0.15, 0.2) is 0 Å². The Bertz CT molecular complexity index is 499. The molecule has 114 valence electrons. The van der Waals surface area contributed by atoms with Crippen LogP contribution in [0.3, 0.4) is 0 Å². The third-order valence-electron chi connectivity index (χ3n) is 3.61. The van der Waals surface area contributed by atoms with Gasteiger partial charge in [0, 0.05) is 17.6 Å². The predicted molar refractivity (Wildman–Crippen MR) is 90.3 cm³/mol. The van der Waals surface area contributed by atoms with E-state index in [1.165, 1.54) is 0 Å². The van der Waals surface area contributed by atoms with Crippen LogP contribution in [0.4, 0.5) is 4.79 Å². The summed E-state index contributed by atoms with van der Waals surface area (Å²) in [6.07, 6.45) is 4.28. The Morgan fingerprint density at radius 2 is 2.14 bits per heavy atom. The average Bonchev–Trinajstić information content (AvgIpc) is 2.95. The van der Waals surface area contributed by atoms with Gasteiger partial charge in [0.2, 0.25) is 0 Å². The Balaban J connectivity index is 1.95. The summed E-state index contributed by atoms with van der Waals surface area (Å²) < 4.78 is 1.13. The lowest BCUT2D eigenvalue weighted by Gasteiger charge is -2.25. The molecule has 2 amide bonds. The third kappa shape index (κ3) is 4.60. The van der Waals surface area contributed by atoms with Crippen molar-refractivity contribution in [3.8, 4) is 0 Å². The van der Waals surface area contributed by atoms with Gasteiger partial charge in [-0.3, -0.25) is 0 Å². The number of carbonyl (C=O) groups is 1. The van der Waals surface area contributed by atoms with Gasteiger partial charge < -0.3 is 10.2 Å². The first-order chi connectivity index (χ1) is 10.1. The zero-order chi connectivity index (χ0) is 15.2. The quantitative estimate of drug-likeness (QED) is 0.862. The first kappa shape index (κ1) is 16.1. The molecule has 1 fully saturated rings. The number of urea groups is 1. The molecule has 1 aromatic carbocycles. The highest BCUT2D eigenvalue weighted by atomic mass is 79.9. The number of allylic oxidation sites excluding steroid dienone is 1. The number of carbonyl (C=O) groups excluding carboxylic acids is 1. The molecule has 4 heteroatoms. The fourth-order valence-electron chi connectivity index (χ4n) is 2.60. The Kier molecular flexibility index (Phi) is 5.85. The number of likely N-dealkylation sites (tertiary alicyclic amines) is 1. The largest absolute Gasteiger partial charge is 0.334 e. The number of rotatable bonds is 4. The molecule has 21 heavy (non-hydrogen) atoms. The van der Waals surface area contributed by atoms with Crippen molar-refractivity contribution in [1.82, 2.24) is 10.2 Å². The van der Waals surface area contributed by atoms with Gasteiger partial charge >= 0.3 is 6.03 Å². The molecule has 0 aromatic heterocycles. The van der Waals surface area contributed by atoms with E-state index in [0.29, 0.717) is 12.5 Å². The number of amides is 2. The molecule has 0 spiro atoms. The van der Waals surface area contributed by atoms with Crippen LogP contribution in [0.15, 0.2) is 40.9 Å². The molecule has 1 unspecified atom stereocenters. The Labute approximate surface area is 135 Å². The Hall–Kier alpha value is -1.29. The van der Waals surface area contributed by atoms with Gasteiger partial charge in [-0.05, 0) is 24.3 Å². The summed E-state index contributed by atoms with van der Waals surface area (Å²) in [5.74, 6) is 0.481. The smallest absolute Gasteiger partial charge is 0.318 e. The SMILES string of the molecule is CC(C)/C=C(/Br)C1CCCN1C(=O)NCc1ccccc1. The van der Waals surface area contributed by atoms with Crippen LogP contribution in [-0.2, 0) is 6.54 Å². The average molecular weight is 351 g/mol. The molecule has 1 aliphatic rings. The van der Waals surface area contributed by atoms with E-state index >= 15 is 0 Å². The van der Waals surface area contributed by atoms with Crippen molar-refractivity contribution in [2.75, 3.05) is 6.54 Å². The molecule has 0 saturated carbocycles. The number of hydrogen-bond acceptors (Lipinski definition) is 1. The lowest BCUT2D eigenvalue weighted by molar-refractivity contribution is 0.199. The number of halogens is 1. The molecular formula is C17H23BrN2O. The van der Waals surface area contributed by atoms with Crippen molar-refractivity contribution in [2.24, 2.45) is 5.92 Å². The lowest BCUT2D eigenvalue weighted by atomic mass is 10.1. The van der Waals surface area contributed by atoms with Crippen molar-refractivity contribution in [3.05, 3.63) is 46.5 Å². The number of nitrogens with zero attached hydrogens (tertiary/aromatic N) is 1. The van der Waals surface area contributed by atoms with Crippen molar-refractivity contribution in [1.29, 1.82) is 0 Å². The second-order valence-electron chi connectivity index (χ2n) is 5.79. The van der Waals surface area contributed by atoms with Crippen LogP contribution in [0.1, 0.15) is 32.3 Å². The minimum absolute atomic E-state index is 0.0236. The highest BCUT2D eigenvalue weighted by Gasteiger charge is 2.30. The van der Waals surface area contributed by atoms with Gasteiger partial charge in [-0.15, -0.1) is 0 Å². The van der Waals surface area contributed by atoms with E-state index in [9.17, 15) is 4.79 Å². The summed E-state index contributed by atoms with van der Waals surface area (Å²) in [4.78, 5) is 14.3. The maximum absolute atomic E-state index is 12.4. The molecule has 1 heterocycles. The highest BCUT2D eigenvalue weighted by Crippen LogP contribution is 2.28. The third-order valence-corrected chi connectivity index (χ3v) is 4.40. The number of hydrogen-bond donors (Lipinski definition) is 1. The molecule has 0 bridgehead atoms. The van der Waals surface area contributed by atoms with E-state index in [0.717, 1.165) is 29.4 Å². The monoisotopic (exact) mass is 350 g/mol. The molecule has 0 radical (unpaired) electrons. The second-order valence-corrected chi connectivity index (χ2v) is 6.71. The van der Waals surface area contributed by atoms with Gasteiger partial charge in [-0.1, -0.05) is 66.2 Å². The second kappa shape index (κ2) is 7.64. The molecular weight excluding hydrogens is 328 g/mol. The number of nitrogens with one attached hydrogen (secondary N) is 1. The van der Waals surface area contributed by atoms with Crippen molar-refractivity contribution in [3.63, 3.8) is 0 Å². The normalized spacial score (nSPS) is 19.1. The minimum Gasteiger partial charge on any atom is -0.334 e. The summed E-state index contributed by atoms with van der Waals surface area (Å²) >= 11 is 3.65.